The first-order chi connectivity index (χ1) is 3.98. The lowest BCUT2D eigenvalue weighted by Crippen LogP contribution is -2.22. The number of hydrogen-bond acceptors (Lipinski definition) is 1. The van der Waals surface area contributed by atoms with Crippen molar-refractivity contribution < 1.29 is 4.39 Å². The van der Waals surface area contributed by atoms with Gasteiger partial charge in [-0.25, -0.2) is 4.39 Å². The van der Waals surface area contributed by atoms with Gasteiger partial charge < -0.3 is 5.73 Å². The Kier molecular flexibility index (Phi) is 2.68. The van der Waals surface area contributed by atoms with E-state index in [-0.39, 0.29) is 0 Å². The molecule has 0 amide bonds. The minimum absolute atomic E-state index is 0.324. The first kappa shape index (κ1) is 8.47. The summed E-state index contributed by atoms with van der Waals surface area (Å²) in [4.78, 5) is 0. The van der Waals surface area contributed by atoms with Crippen LogP contribution in [-0.2, 0) is 0 Å². The Bertz CT molecular complexity index is 111. The fraction of sp³-hybridized carbons (Fsp3) is 0.714. The number of rotatable bonds is 2. The minimum atomic E-state index is -1.35. The maximum atomic E-state index is 12.8. The summed E-state index contributed by atoms with van der Waals surface area (Å²) in [7, 11) is 0. The molecule has 0 saturated carbocycles. The fourth-order valence-corrected chi connectivity index (χ4v) is 0.463. The van der Waals surface area contributed by atoms with E-state index in [4.69, 9.17) is 5.73 Å². The lowest BCUT2D eigenvalue weighted by molar-refractivity contribution is 0.265. The Morgan fingerprint density at radius 3 is 2.22 bits per heavy atom. The zero-order valence-corrected chi connectivity index (χ0v) is 6.24. The van der Waals surface area contributed by atoms with Crippen LogP contribution < -0.4 is 5.73 Å². The maximum absolute atomic E-state index is 12.8. The molecular weight excluding hydrogens is 117 g/mol. The third-order valence-electron chi connectivity index (χ3n) is 1.11. The minimum Gasteiger partial charge on any atom is -0.400 e. The molecular formula is C7H14FN. The van der Waals surface area contributed by atoms with Crippen LogP contribution in [0.1, 0.15) is 27.2 Å². The second-order valence-electron chi connectivity index (χ2n) is 2.54. The second-order valence-corrected chi connectivity index (χ2v) is 2.54. The zero-order chi connectivity index (χ0) is 7.49. The largest absolute Gasteiger partial charge is 0.400 e. The summed E-state index contributed by atoms with van der Waals surface area (Å²) in [6, 6.07) is 0. The summed E-state index contributed by atoms with van der Waals surface area (Å²) in [6.45, 7) is 4.83. The summed E-state index contributed by atoms with van der Waals surface area (Å²) < 4.78 is 12.8. The molecule has 0 radical (unpaired) electrons. The molecule has 2 N–H and O–H groups in total. The summed E-state index contributed by atoms with van der Waals surface area (Å²) in [5, 5.41) is 0. The molecule has 0 aliphatic rings. The van der Waals surface area contributed by atoms with E-state index in [9.17, 15) is 4.39 Å². The van der Waals surface area contributed by atoms with Crippen LogP contribution in [0.5, 0.6) is 0 Å². The molecule has 0 atom stereocenters. The Balaban J connectivity index is 4.03. The second kappa shape index (κ2) is 2.85. The van der Waals surface area contributed by atoms with Crippen molar-refractivity contribution in [3.05, 3.63) is 11.8 Å². The molecule has 0 aromatic heterocycles. The molecule has 2 heteroatoms. The number of halogens is 1. The normalized spacial score (nSPS) is 14.0. The van der Waals surface area contributed by atoms with Crippen LogP contribution in [0, 0.1) is 0 Å². The highest BCUT2D eigenvalue weighted by Crippen LogP contribution is 2.15. The molecule has 0 spiro atoms. The van der Waals surface area contributed by atoms with Crippen molar-refractivity contribution in [3.63, 3.8) is 0 Å². The van der Waals surface area contributed by atoms with Crippen LogP contribution >= 0.6 is 0 Å². The van der Waals surface area contributed by atoms with Gasteiger partial charge in [0.2, 0.25) is 0 Å². The Morgan fingerprint density at radius 2 is 2.11 bits per heavy atom. The van der Waals surface area contributed by atoms with Gasteiger partial charge in [-0.3, -0.25) is 0 Å². The van der Waals surface area contributed by atoms with Gasteiger partial charge in [0, 0.05) is 5.70 Å². The highest BCUT2D eigenvalue weighted by atomic mass is 19.1. The molecule has 9 heavy (non-hydrogen) atoms. The average molecular weight is 131 g/mol. The first-order valence-electron chi connectivity index (χ1n) is 3.13. The molecule has 1 nitrogen and oxygen atoms in total. The van der Waals surface area contributed by atoms with Crippen LogP contribution in [0.4, 0.5) is 4.39 Å². The topological polar surface area (TPSA) is 26.0 Å². The van der Waals surface area contributed by atoms with Gasteiger partial charge in [0.1, 0.15) is 5.67 Å². The predicted octanol–water partition coefficient (Wildman–Crippen LogP) is 1.99. The monoisotopic (exact) mass is 131 g/mol. The van der Waals surface area contributed by atoms with Gasteiger partial charge in [0.05, 0.1) is 0 Å². The van der Waals surface area contributed by atoms with E-state index in [2.05, 4.69) is 0 Å². The average Bonchev–Trinajstić information content (AvgIpc) is 1.64. The predicted molar refractivity (Wildman–Crippen MR) is 37.7 cm³/mol. The molecule has 0 aliphatic carbocycles. The summed E-state index contributed by atoms with van der Waals surface area (Å²) in [6.07, 6.45) is 2.49. The Hall–Kier alpha value is -0.530. The third kappa shape index (κ3) is 3.12. The van der Waals surface area contributed by atoms with Crippen LogP contribution in [0.25, 0.3) is 0 Å². The van der Waals surface area contributed by atoms with Crippen molar-refractivity contribution in [1.82, 2.24) is 0 Å². The highest BCUT2D eigenvalue weighted by Gasteiger charge is 2.17. The van der Waals surface area contributed by atoms with Crippen molar-refractivity contribution in [2.24, 2.45) is 5.73 Å². The lowest BCUT2D eigenvalue weighted by Gasteiger charge is -2.13. The zero-order valence-electron chi connectivity index (χ0n) is 6.24. The third-order valence-corrected chi connectivity index (χ3v) is 1.11. The Labute approximate surface area is 55.7 Å². The van der Waals surface area contributed by atoms with Crippen molar-refractivity contribution in [2.75, 3.05) is 0 Å². The number of allylic oxidation sites excluding steroid dienone is 2. The van der Waals surface area contributed by atoms with E-state index in [0.717, 1.165) is 6.42 Å². The van der Waals surface area contributed by atoms with Gasteiger partial charge in [-0.05, 0) is 20.3 Å². The molecule has 54 valence electrons. The van der Waals surface area contributed by atoms with Crippen LogP contribution in [-0.4, -0.2) is 5.67 Å². The smallest absolute Gasteiger partial charge is 0.144 e. The van der Waals surface area contributed by atoms with Gasteiger partial charge in [0.25, 0.3) is 0 Å². The molecule has 0 aromatic carbocycles. The van der Waals surface area contributed by atoms with Crippen molar-refractivity contribution in [2.45, 2.75) is 32.9 Å². The Morgan fingerprint density at radius 1 is 1.67 bits per heavy atom. The molecule has 0 heterocycles. The summed E-state index contributed by atoms with van der Waals surface area (Å²) in [5.41, 5.74) is 4.32. The number of alkyl halides is 1. The van der Waals surface area contributed by atoms with Crippen LogP contribution in [0.15, 0.2) is 11.8 Å². The molecule has 0 unspecified atom stereocenters. The van der Waals surface area contributed by atoms with Crippen LogP contribution in [0.2, 0.25) is 0 Å². The van der Waals surface area contributed by atoms with Gasteiger partial charge in [-0.1, -0.05) is 13.0 Å². The summed E-state index contributed by atoms with van der Waals surface area (Å²) >= 11 is 0. The summed E-state index contributed by atoms with van der Waals surface area (Å²) in [5.74, 6) is 0. The quantitative estimate of drug-likeness (QED) is 0.609. The van der Waals surface area contributed by atoms with Crippen molar-refractivity contribution in [3.8, 4) is 0 Å². The van der Waals surface area contributed by atoms with Crippen LogP contribution in [0.3, 0.4) is 0 Å². The van der Waals surface area contributed by atoms with E-state index in [1.807, 2.05) is 6.92 Å². The SMILES string of the molecule is CC/C=C(/N)C(C)(C)F. The molecule has 0 fully saturated rings. The van der Waals surface area contributed by atoms with E-state index in [1.54, 1.807) is 6.08 Å². The van der Waals surface area contributed by atoms with Crippen molar-refractivity contribution >= 4 is 0 Å². The highest BCUT2D eigenvalue weighted by molar-refractivity contribution is 5.08. The molecule has 0 rings (SSSR count). The molecule has 0 aromatic rings. The van der Waals surface area contributed by atoms with E-state index < -0.39 is 5.67 Å². The van der Waals surface area contributed by atoms with E-state index >= 15 is 0 Å². The first-order valence-corrected chi connectivity index (χ1v) is 3.13. The van der Waals surface area contributed by atoms with E-state index in [1.165, 1.54) is 13.8 Å². The lowest BCUT2D eigenvalue weighted by atomic mass is 10.1. The van der Waals surface area contributed by atoms with Crippen molar-refractivity contribution in [1.29, 1.82) is 0 Å². The van der Waals surface area contributed by atoms with Gasteiger partial charge >= 0.3 is 0 Å². The van der Waals surface area contributed by atoms with Gasteiger partial charge in [-0.15, -0.1) is 0 Å². The maximum Gasteiger partial charge on any atom is 0.144 e. The van der Waals surface area contributed by atoms with E-state index in [0.29, 0.717) is 5.70 Å². The molecule has 0 aliphatic heterocycles. The fourth-order valence-electron chi connectivity index (χ4n) is 0.463. The molecule has 0 bridgehead atoms. The number of hydrogen-bond donors (Lipinski definition) is 1. The van der Waals surface area contributed by atoms with Gasteiger partial charge in [-0.2, -0.15) is 0 Å². The number of nitrogens with two attached hydrogens (primary N) is 1. The van der Waals surface area contributed by atoms with Gasteiger partial charge in [0.15, 0.2) is 0 Å². The standard InChI is InChI=1S/C7H14FN/c1-4-5-6(9)7(2,3)8/h5H,4,9H2,1-3H3/b6-5+. The molecule has 0 saturated heterocycles.